The van der Waals surface area contributed by atoms with E-state index in [-0.39, 0.29) is 17.8 Å². The number of aromatic nitrogens is 3. The van der Waals surface area contributed by atoms with Crippen LogP contribution in [-0.4, -0.2) is 20.7 Å². The summed E-state index contributed by atoms with van der Waals surface area (Å²) in [5.74, 6) is -0.470. The number of carbonyl (C=O) groups is 1. The van der Waals surface area contributed by atoms with Gasteiger partial charge in [0.25, 0.3) is 5.91 Å². The second kappa shape index (κ2) is 7.31. The SMILES string of the molecule is CC(NC(=O)c1nn(-c2ccc(F)cc2)c2c1CCCC2)c1ccncc1. The number of pyridine rings is 1. The molecule has 0 fully saturated rings. The summed E-state index contributed by atoms with van der Waals surface area (Å²) in [4.78, 5) is 16.9. The van der Waals surface area contributed by atoms with Crippen molar-refractivity contribution in [1.82, 2.24) is 20.1 Å². The Morgan fingerprint density at radius 3 is 2.56 bits per heavy atom. The van der Waals surface area contributed by atoms with Gasteiger partial charge in [0.15, 0.2) is 5.69 Å². The lowest BCUT2D eigenvalue weighted by Gasteiger charge is -2.15. The number of halogens is 1. The summed E-state index contributed by atoms with van der Waals surface area (Å²) in [7, 11) is 0. The minimum Gasteiger partial charge on any atom is -0.344 e. The third kappa shape index (κ3) is 3.47. The first-order chi connectivity index (χ1) is 13.1. The second-order valence-electron chi connectivity index (χ2n) is 6.84. The van der Waals surface area contributed by atoms with Gasteiger partial charge >= 0.3 is 0 Å². The van der Waals surface area contributed by atoms with E-state index in [2.05, 4.69) is 15.4 Å². The molecule has 0 aliphatic heterocycles. The molecular weight excluding hydrogens is 343 g/mol. The van der Waals surface area contributed by atoms with E-state index in [1.807, 2.05) is 19.1 Å². The zero-order valence-electron chi connectivity index (χ0n) is 15.2. The molecule has 0 spiro atoms. The van der Waals surface area contributed by atoms with Gasteiger partial charge in [0.1, 0.15) is 5.82 Å². The van der Waals surface area contributed by atoms with E-state index >= 15 is 0 Å². The van der Waals surface area contributed by atoms with Crippen molar-refractivity contribution < 1.29 is 9.18 Å². The summed E-state index contributed by atoms with van der Waals surface area (Å²) >= 11 is 0. The highest BCUT2D eigenvalue weighted by Gasteiger charge is 2.26. The van der Waals surface area contributed by atoms with Crippen LogP contribution in [0.4, 0.5) is 4.39 Å². The standard InChI is InChI=1S/C21H21FN4O/c1-14(15-10-12-23-13-11-15)24-21(27)20-18-4-2-3-5-19(18)26(25-20)17-8-6-16(22)7-9-17/h6-14H,2-5H2,1H3,(H,24,27). The number of fused-ring (bicyclic) bond motifs is 1. The normalized spacial score (nSPS) is 14.4. The molecule has 2 aromatic heterocycles. The van der Waals surface area contributed by atoms with Crippen LogP contribution in [0.25, 0.3) is 5.69 Å². The van der Waals surface area contributed by atoms with Crippen molar-refractivity contribution in [2.75, 3.05) is 0 Å². The first kappa shape index (κ1) is 17.4. The molecule has 0 saturated heterocycles. The van der Waals surface area contributed by atoms with Gasteiger partial charge in [-0.1, -0.05) is 0 Å². The highest BCUT2D eigenvalue weighted by Crippen LogP contribution is 2.27. The molecule has 1 N–H and O–H groups in total. The Bertz CT molecular complexity index is 950. The third-order valence-corrected chi connectivity index (χ3v) is 5.02. The Kier molecular flexibility index (Phi) is 4.71. The Morgan fingerprint density at radius 2 is 1.81 bits per heavy atom. The molecule has 1 aliphatic rings. The minimum atomic E-state index is -0.288. The van der Waals surface area contributed by atoms with Crippen molar-refractivity contribution in [1.29, 1.82) is 0 Å². The first-order valence-electron chi connectivity index (χ1n) is 9.21. The fourth-order valence-corrected chi connectivity index (χ4v) is 3.58. The van der Waals surface area contributed by atoms with Crippen LogP contribution in [0, 0.1) is 5.82 Å². The van der Waals surface area contributed by atoms with Gasteiger partial charge in [-0.25, -0.2) is 9.07 Å². The molecule has 138 valence electrons. The van der Waals surface area contributed by atoms with Crippen LogP contribution in [0.5, 0.6) is 0 Å². The van der Waals surface area contributed by atoms with E-state index in [1.54, 1.807) is 29.2 Å². The number of nitrogens with one attached hydrogen (secondary N) is 1. The highest BCUT2D eigenvalue weighted by molar-refractivity contribution is 5.94. The quantitative estimate of drug-likeness (QED) is 0.766. The number of carbonyl (C=O) groups excluding carboxylic acids is 1. The van der Waals surface area contributed by atoms with Crippen LogP contribution >= 0.6 is 0 Å². The molecule has 3 aromatic rings. The largest absolute Gasteiger partial charge is 0.344 e. The van der Waals surface area contributed by atoms with E-state index < -0.39 is 0 Å². The van der Waals surface area contributed by atoms with Crippen LogP contribution < -0.4 is 5.32 Å². The van der Waals surface area contributed by atoms with Crippen molar-refractivity contribution in [3.63, 3.8) is 0 Å². The van der Waals surface area contributed by atoms with Gasteiger partial charge in [-0.3, -0.25) is 9.78 Å². The van der Waals surface area contributed by atoms with Gasteiger partial charge in [-0.05, 0) is 74.6 Å². The maximum atomic E-state index is 13.3. The predicted molar refractivity (Wildman–Crippen MR) is 100 cm³/mol. The number of benzene rings is 1. The lowest BCUT2D eigenvalue weighted by Crippen LogP contribution is -2.28. The Balaban J connectivity index is 1.66. The van der Waals surface area contributed by atoms with Crippen molar-refractivity contribution >= 4 is 5.91 Å². The summed E-state index contributed by atoms with van der Waals surface area (Å²) in [6.07, 6.45) is 7.23. The van der Waals surface area contributed by atoms with Crippen LogP contribution in [0.3, 0.4) is 0 Å². The highest BCUT2D eigenvalue weighted by atomic mass is 19.1. The van der Waals surface area contributed by atoms with E-state index in [0.717, 1.165) is 48.2 Å². The number of amides is 1. The van der Waals surface area contributed by atoms with Crippen molar-refractivity contribution in [2.45, 2.75) is 38.6 Å². The van der Waals surface area contributed by atoms with Crippen molar-refractivity contribution in [3.8, 4) is 5.69 Å². The molecule has 6 heteroatoms. The number of hydrogen-bond donors (Lipinski definition) is 1. The van der Waals surface area contributed by atoms with E-state index in [9.17, 15) is 9.18 Å². The number of rotatable bonds is 4. The van der Waals surface area contributed by atoms with E-state index in [1.165, 1.54) is 12.1 Å². The lowest BCUT2D eigenvalue weighted by molar-refractivity contribution is 0.0933. The molecule has 4 rings (SSSR count). The molecule has 1 aromatic carbocycles. The third-order valence-electron chi connectivity index (χ3n) is 5.02. The molecule has 0 bridgehead atoms. The van der Waals surface area contributed by atoms with Gasteiger partial charge in [0.2, 0.25) is 0 Å². The molecule has 27 heavy (non-hydrogen) atoms. The molecule has 1 amide bonds. The monoisotopic (exact) mass is 364 g/mol. The molecular formula is C21H21FN4O. The Morgan fingerprint density at radius 1 is 1.11 bits per heavy atom. The van der Waals surface area contributed by atoms with E-state index in [0.29, 0.717) is 5.69 Å². The Labute approximate surface area is 157 Å². The smallest absolute Gasteiger partial charge is 0.272 e. The number of hydrogen-bond acceptors (Lipinski definition) is 3. The van der Waals surface area contributed by atoms with Gasteiger partial charge in [0.05, 0.1) is 11.7 Å². The summed E-state index contributed by atoms with van der Waals surface area (Å²) in [5.41, 5.74) is 4.29. The molecule has 1 aliphatic carbocycles. The lowest BCUT2D eigenvalue weighted by atomic mass is 9.95. The fourth-order valence-electron chi connectivity index (χ4n) is 3.58. The maximum absolute atomic E-state index is 13.3. The Hall–Kier alpha value is -3.02. The minimum absolute atomic E-state index is 0.143. The zero-order valence-corrected chi connectivity index (χ0v) is 15.2. The first-order valence-corrected chi connectivity index (χ1v) is 9.21. The zero-order chi connectivity index (χ0) is 18.8. The van der Waals surface area contributed by atoms with E-state index in [4.69, 9.17) is 0 Å². The number of nitrogens with zero attached hydrogens (tertiary/aromatic N) is 3. The molecule has 1 atom stereocenters. The topological polar surface area (TPSA) is 59.8 Å². The summed E-state index contributed by atoms with van der Waals surface area (Å²) in [6.45, 7) is 1.94. The average Bonchev–Trinajstić information content (AvgIpc) is 3.09. The van der Waals surface area contributed by atoms with Crippen molar-refractivity contribution in [3.05, 3.63) is 77.1 Å². The van der Waals surface area contributed by atoms with Crippen LogP contribution in [0.15, 0.2) is 48.8 Å². The molecule has 1 unspecified atom stereocenters. The molecule has 0 radical (unpaired) electrons. The van der Waals surface area contributed by atoms with Crippen LogP contribution in [0.2, 0.25) is 0 Å². The van der Waals surface area contributed by atoms with Gasteiger partial charge < -0.3 is 5.32 Å². The molecule has 0 saturated carbocycles. The second-order valence-corrected chi connectivity index (χ2v) is 6.84. The molecule has 5 nitrogen and oxygen atoms in total. The predicted octanol–water partition coefficient (Wildman–Crippen LogP) is 3.78. The van der Waals surface area contributed by atoms with Gasteiger partial charge in [-0.2, -0.15) is 5.10 Å². The molecule has 2 heterocycles. The summed E-state index contributed by atoms with van der Waals surface area (Å²) in [5, 5.41) is 7.64. The van der Waals surface area contributed by atoms with Crippen LogP contribution in [-0.2, 0) is 12.8 Å². The fraction of sp³-hybridized carbons (Fsp3) is 0.286. The van der Waals surface area contributed by atoms with Crippen molar-refractivity contribution in [2.24, 2.45) is 0 Å². The maximum Gasteiger partial charge on any atom is 0.272 e. The summed E-state index contributed by atoms with van der Waals surface area (Å²) in [6, 6.07) is 9.84. The average molecular weight is 364 g/mol. The van der Waals surface area contributed by atoms with Gasteiger partial charge in [-0.15, -0.1) is 0 Å². The summed E-state index contributed by atoms with van der Waals surface area (Å²) < 4.78 is 15.1. The van der Waals surface area contributed by atoms with Crippen LogP contribution in [0.1, 0.15) is 53.1 Å². The van der Waals surface area contributed by atoms with Gasteiger partial charge in [0, 0.05) is 23.7 Å².